The molecular formula is C10H13F3N2O. The van der Waals surface area contributed by atoms with Gasteiger partial charge < -0.3 is 15.8 Å². The predicted octanol–water partition coefficient (Wildman–Crippen LogP) is 2.34. The first-order valence-corrected chi connectivity index (χ1v) is 4.73. The number of alkyl halides is 3. The van der Waals surface area contributed by atoms with E-state index in [1.54, 1.807) is 0 Å². The quantitative estimate of drug-likeness (QED) is 0.840. The number of hydrogen-bond donors (Lipinski definition) is 2. The maximum atomic E-state index is 11.9. The van der Waals surface area contributed by atoms with Gasteiger partial charge in [-0.25, -0.2) is 0 Å². The summed E-state index contributed by atoms with van der Waals surface area (Å²) in [6.07, 6.45) is -4.65. The Kier molecular flexibility index (Phi) is 4.00. The van der Waals surface area contributed by atoms with E-state index >= 15 is 0 Å². The molecule has 3 N–H and O–H groups in total. The third-order valence-corrected chi connectivity index (χ3v) is 1.85. The molecule has 6 heteroatoms. The molecule has 1 aromatic rings. The first-order chi connectivity index (χ1) is 7.40. The number of nitrogens with one attached hydrogen (secondary N) is 1. The number of anilines is 1. The van der Waals surface area contributed by atoms with Crippen molar-refractivity contribution in [1.82, 2.24) is 0 Å². The van der Waals surface area contributed by atoms with Crippen LogP contribution < -0.4 is 15.8 Å². The molecule has 90 valence electrons. The Labute approximate surface area is 91.4 Å². The van der Waals surface area contributed by atoms with Crippen molar-refractivity contribution in [2.45, 2.75) is 19.3 Å². The minimum absolute atomic E-state index is 0.0642. The van der Waals surface area contributed by atoms with Crippen LogP contribution in [0.15, 0.2) is 24.3 Å². The van der Waals surface area contributed by atoms with E-state index < -0.39 is 6.36 Å². The lowest BCUT2D eigenvalue weighted by Gasteiger charge is -2.13. The second-order valence-electron chi connectivity index (χ2n) is 3.35. The average Bonchev–Trinajstić information content (AvgIpc) is 2.18. The van der Waals surface area contributed by atoms with Crippen LogP contribution in [0.2, 0.25) is 0 Å². The number of halogens is 3. The van der Waals surface area contributed by atoms with Gasteiger partial charge in [-0.15, -0.1) is 13.2 Å². The molecule has 0 aliphatic rings. The predicted molar refractivity (Wildman–Crippen MR) is 55.3 cm³/mol. The maximum absolute atomic E-state index is 11.9. The molecular weight excluding hydrogens is 221 g/mol. The Balaban J connectivity index is 2.61. The molecule has 3 nitrogen and oxygen atoms in total. The van der Waals surface area contributed by atoms with Crippen LogP contribution in [-0.4, -0.2) is 18.9 Å². The van der Waals surface area contributed by atoms with E-state index in [2.05, 4.69) is 10.1 Å². The fourth-order valence-electron chi connectivity index (χ4n) is 1.10. The van der Waals surface area contributed by atoms with Gasteiger partial charge in [-0.2, -0.15) is 0 Å². The second kappa shape index (κ2) is 5.07. The molecule has 0 aromatic heterocycles. The molecule has 0 radical (unpaired) electrons. The largest absolute Gasteiger partial charge is 0.573 e. The van der Waals surface area contributed by atoms with Gasteiger partial charge in [-0.3, -0.25) is 0 Å². The Morgan fingerprint density at radius 1 is 1.31 bits per heavy atom. The number of benzene rings is 1. The van der Waals surface area contributed by atoms with Gasteiger partial charge in [0.25, 0.3) is 0 Å². The lowest BCUT2D eigenvalue weighted by Crippen LogP contribution is -2.25. The monoisotopic (exact) mass is 234 g/mol. The third-order valence-electron chi connectivity index (χ3n) is 1.85. The summed E-state index contributed by atoms with van der Waals surface area (Å²) in [5.74, 6) is -0.238. The standard InChI is InChI=1S/C10H13F3N2O/c1-7(6-14)15-8-2-4-9(5-3-8)16-10(11,12)13/h2-5,7,15H,6,14H2,1H3/t7-/m0/s1. The highest BCUT2D eigenvalue weighted by atomic mass is 19.4. The molecule has 1 atom stereocenters. The minimum atomic E-state index is -4.65. The van der Waals surface area contributed by atoms with Crippen molar-refractivity contribution in [3.05, 3.63) is 24.3 Å². The lowest BCUT2D eigenvalue weighted by atomic mass is 10.2. The molecule has 0 aliphatic heterocycles. The SMILES string of the molecule is C[C@@H](CN)Nc1ccc(OC(F)(F)F)cc1. The second-order valence-corrected chi connectivity index (χ2v) is 3.35. The Morgan fingerprint density at radius 3 is 2.31 bits per heavy atom. The first-order valence-electron chi connectivity index (χ1n) is 4.73. The molecule has 0 saturated heterocycles. The zero-order valence-electron chi connectivity index (χ0n) is 8.71. The summed E-state index contributed by atoms with van der Waals surface area (Å²) in [4.78, 5) is 0. The summed E-state index contributed by atoms with van der Waals surface area (Å²) in [5.41, 5.74) is 6.10. The van der Waals surface area contributed by atoms with E-state index in [4.69, 9.17) is 5.73 Å². The van der Waals surface area contributed by atoms with Crippen LogP contribution >= 0.6 is 0 Å². The molecule has 0 fully saturated rings. The molecule has 0 unspecified atom stereocenters. The number of hydrogen-bond acceptors (Lipinski definition) is 3. The molecule has 1 aromatic carbocycles. The zero-order valence-corrected chi connectivity index (χ0v) is 8.71. The minimum Gasteiger partial charge on any atom is -0.406 e. The van der Waals surface area contributed by atoms with Crippen molar-refractivity contribution < 1.29 is 17.9 Å². The van der Waals surface area contributed by atoms with E-state index in [1.165, 1.54) is 24.3 Å². The molecule has 1 rings (SSSR count). The van der Waals surface area contributed by atoms with Crippen LogP contribution in [0.1, 0.15) is 6.92 Å². The van der Waals surface area contributed by atoms with Crippen molar-refractivity contribution >= 4 is 5.69 Å². The highest BCUT2D eigenvalue weighted by Crippen LogP contribution is 2.23. The molecule has 0 amide bonds. The summed E-state index contributed by atoms with van der Waals surface area (Å²) in [7, 11) is 0. The maximum Gasteiger partial charge on any atom is 0.573 e. The van der Waals surface area contributed by atoms with Crippen LogP contribution in [0.4, 0.5) is 18.9 Å². The fourth-order valence-corrected chi connectivity index (χ4v) is 1.10. The summed E-state index contributed by atoms with van der Waals surface area (Å²) >= 11 is 0. The van der Waals surface area contributed by atoms with Gasteiger partial charge in [0.15, 0.2) is 0 Å². The van der Waals surface area contributed by atoms with Gasteiger partial charge >= 0.3 is 6.36 Å². The van der Waals surface area contributed by atoms with Crippen molar-refractivity contribution in [1.29, 1.82) is 0 Å². The first kappa shape index (κ1) is 12.6. The molecule has 0 heterocycles. The van der Waals surface area contributed by atoms with Crippen LogP contribution in [0.3, 0.4) is 0 Å². The van der Waals surface area contributed by atoms with Gasteiger partial charge in [-0.05, 0) is 31.2 Å². The van der Waals surface area contributed by atoms with Gasteiger partial charge in [0.1, 0.15) is 5.75 Å². The van der Waals surface area contributed by atoms with Gasteiger partial charge in [-0.1, -0.05) is 0 Å². The average molecular weight is 234 g/mol. The Hall–Kier alpha value is -1.43. The van der Waals surface area contributed by atoms with E-state index in [1.807, 2.05) is 6.92 Å². The van der Waals surface area contributed by atoms with E-state index in [9.17, 15) is 13.2 Å². The summed E-state index contributed by atoms with van der Waals surface area (Å²) in [6, 6.07) is 5.58. The van der Waals surface area contributed by atoms with Crippen molar-refractivity contribution in [3.63, 3.8) is 0 Å². The fraction of sp³-hybridized carbons (Fsp3) is 0.400. The number of ether oxygens (including phenoxy) is 1. The molecule has 0 bridgehead atoms. The molecule has 0 saturated carbocycles. The zero-order chi connectivity index (χ0) is 12.2. The van der Waals surface area contributed by atoms with Crippen molar-refractivity contribution in [3.8, 4) is 5.75 Å². The summed E-state index contributed by atoms with van der Waals surface area (Å²) < 4.78 is 39.3. The van der Waals surface area contributed by atoms with Crippen LogP contribution in [0.25, 0.3) is 0 Å². The van der Waals surface area contributed by atoms with E-state index in [-0.39, 0.29) is 11.8 Å². The summed E-state index contributed by atoms with van der Waals surface area (Å²) in [5, 5.41) is 3.02. The number of nitrogens with two attached hydrogens (primary N) is 1. The molecule has 0 spiro atoms. The smallest absolute Gasteiger partial charge is 0.406 e. The van der Waals surface area contributed by atoms with E-state index in [0.29, 0.717) is 12.2 Å². The lowest BCUT2D eigenvalue weighted by molar-refractivity contribution is -0.274. The molecule has 0 aliphatic carbocycles. The van der Waals surface area contributed by atoms with Crippen LogP contribution in [0, 0.1) is 0 Å². The van der Waals surface area contributed by atoms with Crippen LogP contribution in [0.5, 0.6) is 5.75 Å². The van der Waals surface area contributed by atoms with Crippen molar-refractivity contribution in [2.24, 2.45) is 5.73 Å². The topological polar surface area (TPSA) is 47.3 Å². The van der Waals surface area contributed by atoms with E-state index in [0.717, 1.165) is 0 Å². The highest BCUT2D eigenvalue weighted by molar-refractivity contribution is 5.47. The van der Waals surface area contributed by atoms with Gasteiger partial charge in [0.2, 0.25) is 0 Å². The third kappa shape index (κ3) is 4.39. The Bertz CT molecular complexity index is 324. The van der Waals surface area contributed by atoms with Crippen molar-refractivity contribution in [2.75, 3.05) is 11.9 Å². The number of rotatable bonds is 4. The van der Waals surface area contributed by atoms with Crippen LogP contribution in [-0.2, 0) is 0 Å². The summed E-state index contributed by atoms with van der Waals surface area (Å²) in [6.45, 7) is 2.32. The Morgan fingerprint density at radius 2 is 1.88 bits per heavy atom. The normalized spacial score (nSPS) is 13.3. The van der Waals surface area contributed by atoms with Gasteiger partial charge in [0, 0.05) is 18.3 Å². The van der Waals surface area contributed by atoms with Gasteiger partial charge in [0.05, 0.1) is 0 Å². The highest BCUT2D eigenvalue weighted by Gasteiger charge is 2.30. The molecule has 16 heavy (non-hydrogen) atoms.